The number of aliphatic hydroxyl groups excluding tert-OH is 9. The van der Waals surface area contributed by atoms with Crippen LogP contribution in [-0.2, 0) is 70.7 Å². The summed E-state index contributed by atoms with van der Waals surface area (Å²) in [6, 6.07) is 0. The molecule has 25 nitrogen and oxygen atoms in total. The smallest absolute Gasteiger partial charge is 0.463 e. The van der Waals surface area contributed by atoms with Crippen molar-refractivity contribution in [1.29, 1.82) is 0 Å². The average molecular weight is 1690 g/mol. The number of allylic oxidation sites excluding steroid dienone is 4. The molecule has 117 heavy (non-hydrogen) atoms. The van der Waals surface area contributed by atoms with Gasteiger partial charge in [0.1, 0.15) is 92.6 Å². The lowest BCUT2D eigenvalue weighted by molar-refractivity contribution is -0.360. The predicted molar refractivity (Wildman–Crippen MR) is 453 cm³/mol. The molecule has 3 rings (SSSR count). The maximum atomic E-state index is 14.9. The number of carbonyl (C=O) groups is 4. The molecule has 0 aromatic carbocycles. The summed E-state index contributed by atoms with van der Waals surface area (Å²) >= 11 is 0. The fourth-order valence-corrected chi connectivity index (χ4v) is 16.4. The lowest BCUT2D eigenvalue weighted by atomic mass is 9.84. The van der Waals surface area contributed by atoms with E-state index >= 15 is 0 Å². The van der Waals surface area contributed by atoms with E-state index in [0.29, 0.717) is 32.1 Å². The fourth-order valence-electron chi connectivity index (χ4n) is 15.4. The number of phosphoric ester groups is 1. The Bertz CT molecular complexity index is 2530. The number of hydrogen-bond acceptors (Lipinski definition) is 24. The number of phosphoric acid groups is 1. The molecule has 1 saturated carbocycles. The van der Waals surface area contributed by atoms with Crippen molar-refractivity contribution in [2.24, 2.45) is 0 Å². The van der Waals surface area contributed by atoms with Gasteiger partial charge in [0.15, 0.2) is 24.8 Å². The van der Waals surface area contributed by atoms with Crippen molar-refractivity contribution in [3.8, 4) is 0 Å². The summed E-state index contributed by atoms with van der Waals surface area (Å²) in [5, 5.41) is 102. The number of esters is 4. The van der Waals surface area contributed by atoms with Gasteiger partial charge in [0, 0.05) is 25.7 Å². The first-order valence-electron chi connectivity index (χ1n) is 47.1. The van der Waals surface area contributed by atoms with Gasteiger partial charge in [-0.1, -0.05) is 322 Å². The molecule has 18 unspecified atom stereocenters. The number of unbranched alkanes of at least 4 members (excludes halogenated alkanes) is 48. The zero-order valence-corrected chi connectivity index (χ0v) is 73.9. The third kappa shape index (κ3) is 50.5. The van der Waals surface area contributed by atoms with Crippen molar-refractivity contribution in [3.63, 3.8) is 0 Å². The van der Waals surface area contributed by atoms with Gasteiger partial charge in [-0.3, -0.25) is 28.2 Å². The Morgan fingerprint density at radius 1 is 0.333 bits per heavy atom. The van der Waals surface area contributed by atoms with Crippen molar-refractivity contribution < 1.29 is 122 Å². The second-order valence-electron chi connectivity index (χ2n) is 33.5. The largest absolute Gasteiger partial charge is 0.472 e. The molecular formula is C91H167O25P. The average Bonchev–Trinajstić information content (AvgIpc) is 0.755. The Morgan fingerprint density at radius 2 is 0.641 bits per heavy atom. The van der Waals surface area contributed by atoms with Crippen LogP contribution in [0.1, 0.15) is 400 Å². The molecule has 18 atom stereocenters. The third-order valence-corrected chi connectivity index (χ3v) is 23.9. The first-order chi connectivity index (χ1) is 56.7. The molecule has 0 amide bonds. The van der Waals surface area contributed by atoms with Crippen LogP contribution in [0.4, 0.5) is 0 Å². The molecule has 3 fully saturated rings. The Kier molecular flexibility index (Phi) is 64.9. The topological polar surface area (TPSA) is 380 Å². The Balaban J connectivity index is 1.91. The lowest BCUT2D eigenvalue weighted by Crippen LogP contribution is -2.70. The number of carbonyl (C=O) groups excluding carboxylic acids is 4. The van der Waals surface area contributed by atoms with Gasteiger partial charge in [0.05, 0.1) is 13.2 Å². The van der Waals surface area contributed by atoms with E-state index < -0.39 is 162 Å². The van der Waals surface area contributed by atoms with E-state index in [1.807, 2.05) is 0 Å². The number of ether oxygens (including phenoxy) is 8. The molecule has 0 bridgehead atoms. The van der Waals surface area contributed by atoms with Crippen LogP contribution < -0.4 is 0 Å². The molecule has 0 radical (unpaired) electrons. The Labute approximate surface area is 704 Å². The van der Waals surface area contributed by atoms with Crippen molar-refractivity contribution in [1.82, 2.24) is 0 Å². The van der Waals surface area contributed by atoms with Crippen molar-refractivity contribution in [2.75, 3.05) is 26.4 Å². The summed E-state index contributed by atoms with van der Waals surface area (Å²) in [6.07, 6.45) is 30.2. The summed E-state index contributed by atoms with van der Waals surface area (Å²) in [4.78, 5) is 66.4. The highest BCUT2D eigenvalue weighted by Gasteiger charge is 2.60. The van der Waals surface area contributed by atoms with Gasteiger partial charge in [-0.05, 0) is 77.0 Å². The van der Waals surface area contributed by atoms with Gasteiger partial charge in [0.25, 0.3) is 0 Å². The first-order valence-corrected chi connectivity index (χ1v) is 48.6. The molecule has 0 aromatic heterocycles. The molecule has 1 aliphatic carbocycles. The Hall–Kier alpha value is -3.05. The van der Waals surface area contributed by atoms with Crippen molar-refractivity contribution >= 4 is 31.7 Å². The van der Waals surface area contributed by atoms with Crippen molar-refractivity contribution in [2.45, 2.75) is 504 Å². The summed E-state index contributed by atoms with van der Waals surface area (Å²) in [5.74, 6) is -2.97. The van der Waals surface area contributed by atoms with E-state index in [0.717, 1.165) is 167 Å². The lowest BCUT2D eigenvalue weighted by Gasteiger charge is -2.50. The fraction of sp³-hybridized carbons (Fsp3) is 0.912. The van der Waals surface area contributed by atoms with Crippen LogP contribution in [0.25, 0.3) is 0 Å². The zero-order chi connectivity index (χ0) is 85.4. The van der Waals surface area contributed by atoms with Crippen LogP contribution in [0.3, 0.4) is 0 Å². The minimum Gasteiger partial charge on any atom is -0.463 e. The number of rotatable bonds is 76. The van der Waals surface area contributed by atoms with Gasteiger partial charge < -0.3 is 88.7 Å². The van der Waals surface area contributed by atoms with E-state index in [2.05, 4.69) is 52.0 Å². The standard InChI is InChI=1S/C91H167O25P/c1-5-9-13-17-21-25-29-33-36-40-43-47-51-55-59-63-74(93)107-68-71(110-76(95)65-61-57-53-49-46-42-38-35-31-27-23-19-15-11-7-3)69-109-117(105,106)116-89-87(114-90-84(103)80(99)78(97)72(67-92)111-90)83(102)82(101)86(113-77(96)66-62-58-54-50-45-39-32-28-24-20-16-12-8-4)88(89)115-91-85(104)81(100)79(98)73(112-91)70-108-75(94)64-60-56-52-48-44-41-37-34-30-26-22-18-14-10-6-2/h25-26,29-30,71-73,78-92,97-104H,5-24,27-28,31-70H2,1-4H3,(H,105,106)/b29-25-,30-26-. The molecule has 2 aliphatic heterocycles. The van der Waals surface area contributed by atoms with Crippen LogP contribution in [0.5, 0.6) is 0 Å². The number of hydrogen-bond donors (Lipinski definition) is 10. The van der Waals surface area contributed by atoms with E-state index in [-0.39, 0.29) is 25.7 Å². The molecule has 3 aliphatic rings. The van der Waals surface area contributed by atoms with Crippen molar-refractivity contribution in [3.05, 3.63) is 24.3 Å². The highest BCUT2D eigenvalue weighted by molar-refractivity contribution is 7.47. The van der Waals surface area contributed by atoms with E-state index in [9.17, 15) is 74.6 Å². The molecule has 0 aromatic rings. The van der Waals surface area contributed by atoms with Crippen LogP contribution >= 0.6 is 7.82 Å². The minimum absolute atomic E-state index is 0.00992. The number of aliphatic hydroxyl groups is 9. The van der Waals surface area contributed by atoms with E-state index in [1.165, 1.54) is 148 Å². The highest BCUT2D eigenvalue weighted by Crippen LogP contribution is 2.49. The molecule has 2 saturated heterocycles. The molecule has 26 heteroatoms. The summed E-state index contributed by atoms with van der Waals surface area (Å²) in [7, 11) is -5.81. The normalized spacial score (nSPS) is 25.1. The van der Waals surface area contributed by atoms with Crippen LogP contribution in [0.2, 0.25) is 0 Å². The molecule has 686 valence electrons. The van der Waals surface area contributed by atoms with Crippen LogP contribution in [0.15, 0.2) is 24.3 Å². The van der Waals surface area contributed by atoms with Crippen LogP contribution in [-0.4, -0.2) is 205 Å². The maximum Gasteiger partial charge on any atom is 0.472 e. The monoisotopic (exact) mass is 1690 g/mol. The predicted octanol–water partition coefficient (Wildman–Crippen LogP) is 17.3. The molecular weight excluding hydrogens is 1520 g/mol. The second-order valence-corrected chi connectivity index (χ2v) is 34.9. The van der Waals surface area contributed by atoms with Gasteiger partial charge in [-0.2, -0.15) is 0 Å². The summed E-state index contributed by atoms with van der Waals surface area (Å²) in [6.45, 7) is 5.57. The van der Waals surface area contributed by atoms with E-state index in [4.69, 9.17) is 46.9 Å². The first kappa shape index (κ1) is 108. The molecule has 2 heterocycles. The van der Waals surface area contributed by atoms with E-state index in [1.54, 1.807) is 0 Å². The highest BCUT2D eigenvalue weighted by atomic mass is 31.2. The third-order valence-electron chi connectivity index (χ3n) is 22.9. The van der Waals surface area contributed by atoms with Gasteiger partial charge in [0.2, 0.25) is 0 Å². The maximum absolute atomic E-state index is 14.9. The molecule has 10 N–H and O–H groups in total. The molecule has 0 spiro atoms. The van der Waals surface area contributed by atoms with Crippen LogP contribution in [0, 0.1) is 0 Å². The Morgan fingerprint density at radius 3 is 1.03 bits per heavy atom. The zero-order valence-electron chi connectivity index (χ0n) is 73.0. The van der Waals surface area contributed by atoms with Gasteiger partial charge >= 0.3 is 31.7 Å². The second kappa shape index (κ2) is 70.3. The quantitative estimate of drug-likeness (QED) is 0.00889. The minimum atomic E-state index is -5.81. The summed E-state index contributed by atoms with van der Waals surface area (Å²) in [5.41, 5.74) is 0. The van der Waals surface area contributed by atoms with Gasteiger partial charge in [-0.25, -0.2) is 4.57 Å². The SMILES string of the molecule is CCCCCC/C=C\CCCCCCCCCC(=O)OCC(COP(=O)(O)OC1C(OC2OC(CO)C(O)C(O)C2O)C(O)C(O)C(OC(=O)CCCCCCCCCCCCCCC)C1OC1OC(COC(=O)CCCCCCCCC/C=C\CCCCCC)C(O)C(O)C1O)OC(=O)CCCCCCCCCCCCCCCCC. The van der Waals surface area contributed by atoms with Gasteiger partial charge in [-0.15, -0.1) is 0 Å². The summed E-state index contributed by atoms with van der Waals surface area (Å²) < 4.78 is 73.4.